The fourth-order valence-corrected chi connectivity index (χ4v) is 5.65. The average Bonchev–Trinajstić information content (AvgIpc) is 3.15. The lowest BCUT2D eigenvalue weighted by atomic mass is 10.3. The third kappa shape index (κ3) is 3.43. The maximum atomic E-state index is 12.9. The van der Waals surface area contributed by atoms with Crippen molar-refractivity contribution in [1.82, 2.24) is 23.7 Å². The molecule has 3 aromatic rings. The number of imidazole rings is 1. The highest BCUT2D eigenvalue weighted by Gasteiger charge is 2.31. The Hall–Kier alpha value is -2.30. The summed E-state index contributed by atoms with van der Waals surface area (Å²) in [5.41, 5.74) is 0.806. The third-order valence-electron chi connectivity index (χ3n) is 4.91. The third-order valence-corrected chi connectivity index (χ3v) is 7.70. The zero-order valence-corrected chi connectivity index (χ0v) is 17.3. The highest BCUT2D eigenvalue weighted by Crippen LogP contribution is 2.24. The van der Waals surface area contributed by atoms with Gasteiger partial charge in [0.2, 0.25) is 0 Å². The van der Waals surface area contributed by atoms with Gasteiger partial charge in [0.15, 0.2) is 10.0 Å². The van der Waals surface area contributed by atoms with Crippen molar-refractivity contribution < 1.29 is 13.2 Å². The number of aryl methyl sites for hydroxylation is 2. The number of amides is 1. The van der Waals surface area contributed by atoms with Crippen molar-refractivity contribution in [3.63, 3.8) is 0 Å². The van der Waals surface area contributed by atoms with Crippen LogP contribution in [0.3, 0.4) is 0 Å². The minimum absolute atomic E-state index is 0.0541. The van der Waals surface area contributed by atoms with Crippen LogP contribution in [0, 0.1) is 6.92 Å². The van der Waals surface area contributed by atoms with Gasteiger partial charge < -0.3 is 9.47 Å². The summed E-state index contributed by atoms with van der Waals surface area (Å²) in [6, 6.07) is 7.64. The summed E-state index contributed by atoms with van der Waals surface area (Å²) < 4.78 is 29.9. The molecule has 0 aliphatic carbocycles. The molecule has 0 radical (unpaired) electrons. The van der Waals surface area contributed by atoms with Crippen molar-refractivity contribution in [2.45, 2.75) is 18.4 Å². The number of sulfonamides is 1. The summed E-state index contributed by atoms with van der Waals surface area (Å²) in [4.78, 5) is 23.2. The molecule has 4 rings (SSSR count). The Morgan fingerprint density at radius 1 is 1.11 bits per heavy atom. The Labute approximate surface area is 167 Å². The molecule has 1 saturated heterocycles. The number of hydrogen-bond donors (Lipinski definition) is 0. The number of thiazole rings is 1. The molecule has 1 aliphatic heterocycles. The fourth-order valence-electron chi connectivity index (χ4n) is 3.22. The minimum atomic E-state index is -3.67. The molecule has 0 bridgehead atoms. The number of nitrogens with zero attached hydrogens (tertiary/aromatic N) is 5. The summed E-state index contributed by atoms with van der Waals surface area (Å²) in [6.45, 7) is 3.21. The highest BCUT2D eigenvalue weighted by molar-refractivity contribution is 7.89. The van der Waals surface area contributed by atoms with E-state index in [1.807, 2.05) is 24.3 Å². The summed E-state index contributed by atoms with van der Waals surface area (Å²) >= 11 is 1.37. The molecule has 28 heavy (non-hydrogen) atoms. The largest absolute Gasteiger partial charge is 0.337 e. The van der Waals surface area contributed by atoms with Gasteiger partial charge in [-0.25, -0.2) is 18.4 Å². The van der Waals surface area contributed by atoms with Crippen molar-refractivity contribution >= 4 is 37.5 Å². The van der Waals surface area contributed by atoms with Gasteiger partial charge in [-0.1, -0.05) is 12.1 Å². The molecule has 0 saturated carbocycles. The molecule has 0 unspecified atom stereocenters. The highest BCUT2D eigenvalue weighted by atomic mass is 32.2. The van der Waals surface area contributed by atoms with E-state index in [-0.39, 0.29) is 17.5 Å². The summed E-state index contributed by atoms with van der Waals surface area (Å²) in [7, 11) is -1.90. The second kappa shape index (κ2) is 7.26. The van der Waals surface area contributed by atoms with Crippen molar-refractivity contribution in [2.24, 2.45) is 7.05 Å². The van der Waals surface area contributed by atoms with E-state index < -0.39 is 10.0 Å². The zero-order valence-electron chi connectivity index (χ0n) is 15.7. The molecule has 0 spiro atoms. The maximum Gasteiger partial charge on any atom is 0.282 e. The number of benzene rings is 1. The Morgan fingerprint density at radius 2 is 1.89 bits per heavy atom. The first kappa shape index (κ1) is 19.0. The molecule has 1 amide bonds. The summed E-state index contributed by atoms with van der Waals surface area (Å²) in [6.07, 6.45) is 2.10. The van der Waals surface area contributed by atoms with Crippen LogP contribution in [-0.2, 0) is 17.1 Å². The number of aromatic nitrogens is 3. The van der Waals surface area contributed by atoms with Crippen LogP contribution in [-0.4, -0.2) is 64.2 Å². The molecule has 148 valence electrons. The predicted octanol–water partition coefficient (Wildman–Crippen LogP) is 1.88. The van der Waals surface area contributed by atoms with Gasteiger partial charge in [-0.15, -0.1) is 11.3 Å². The Balaban J connectivity index is 1.51. The number of rotatable bonds is 3. The number of hydrogen-bond acceptors (Lipinski definition) is 6. The topological polar surface area (TPSA) is 88.4 Å². The molecular weight excluding hydrogens is 398 g/mol. The number of carbonyl (C=O) groups is 1. The van der Waals surface area contributed by atoms with Gasteiger partial charge >= 0.3 is 0 Å². The lowest BCUT2D eigenvalue weighted by molar-refractivity contribution is 0.0764. The first-order valence-electron chi connectivity index (χ1n) is 9.01. The number of carbonyl (C=O) groups excluding carboxylic acids is 1. The van der Waals surface area contributed by atoms with Gasteiger partial charge in [-0.2, -0.15) is 4.31 Å². The van der Waals surface area contributed by atoms with Gasteiger partial charge in [0.05, 0.1) is 10.2 Å². The van der Waals surface area contributed by atoms with Crippen LogP contribution in [0.25, 0.3) is 10.2 Å². The monoisotopic (exact) mass is 419 g/mol. The van der Waals surface area contributed by atoms with Gasteiger partial charge in [0, 0.05) is 39.4 Å². The zero-order chi connectivity index (χ0) is 19.9. The lowest BCUT2D eigenvalue weighted by Crippen LogP contribution is -2.37. The molecule has 0 N–H and O–H groups in total. The number of para-hydroxylation sites is 1. The maximum absolute atomic E-state index is 12.9. The van der Waals surface area contributed by atoms with Crippen LogP contribution in [0.1, 0.15) is 22.0 Å². The first-order chi connectivity index (χ1) is 13.4. The second-order valence-corrected chi connectivity index (χ2v) is 9.69. The van der Waals surface area contributed by atoms with E-state index in [1.54, 1.807) is 23.4 Å². The van der Waals surface area contributed by atoms with Gasteiger partial charge in [0.25, 0.3) is 15.9 Å². The van der Waals surface area contributed by atoms with E-state index in [0.29, 0.717) is 36.9 Å². The quantitative estimate of drug-likeness (QED) is 0.647. The van der Waals surface area contributed by atoms with Crippen LogP contribution in [0.5, 0.6) is 0 Å². The molecule has 3 heterocycles. The van der Waals surface area contributed by atoms with E-state index in [0.717, 1.165) is 10.2 Å². The summed E-state index contributed by atoms with van der Waals surface area (Å²) in [5.74, 6) is 0.496. The molecule has 8 nitrogen and oxygen atoms in total. The van der Waals surface area contributed by atoms with E-state index in [2.05, 4.69) is 9.97 Å². The van der Waals surface area contributed by atoms with Crippen LogP contribution in [0.15, 0.2) is 35.5 Å². The van der Waals surface area contributed by atoms with E-state index in [9.17, 15) is 13.2 Å². The van der Waals surface area contributed by atoms with Crippen molar-refractivity contribution in [3.05, 3.63) is 41.3 Å². The smallest absolute Gasteiger partial charge is 0.282 e. The summed E-state index contributed by atoms with van der Waals surface area (Å²) in [5, 5.41) is 0.497. The van der Waals surface area contributed by atoms with Crippen molar-refractivity contribution in [3.8, 4) is 0 Å². The molecule has 0 atom stereocenters. The standard InChI is InChI=1S/C18H21N5O3S2/c1-13-19-16(12-21(13)2)28(25,26)23-9-5-8-22(10-11-23)18(24)17-20-14-6-3-4-7-15(14)27-17/h3-4,6-7,12H,5,8-11H2,1-2H3. The van der Waals surface area contributed by atoms with E-state index in [4.69, 9.17) is 0 Å². The number of fused-ring (bicyclic) bond motifs is 1. The minimum Gasteiger partial charge on any atom is -0.337 e. The first-order valence-corrected chi connectivity index (χ1v) is 11.3. The van der Waals surface area contributed by atoms with Crippen molar-refractivity contribution in [2.75, 3.05) is 26.2 Å². The van der Waals surface area contributed by atoms with Gasteiger partial charge in [-0.05, 0) is 25.5 Å². The van der Waals surface area contributed by atoms with Crippen molar-refractivity contribution in [1.29, 1.82) is 0 Å². The second-order valence-electron chi connectivity index (χ2n) is 6.77. The van der Waals surface area contributed by atoms with Crippen LogP contribution >= 0.6 is 11.3 Å². The average molecular weight is 420 g/mol. The predicted molar refractivity (Wildman–Crippen MR) is 107 cm³/mol. The Bertz CT molecular complexity index is 1080. The molecule has 1 aromatic carbocycles. The molecule has 2 aromatic heterocycles. The molecule has 1 fully saturated rings. The molecule has 10 heteroatoms. The lowest BCUT2D eigenvalue weighted by Gasteiger charge is -2.20. The Morgan fingerprint density at radius 3 is 2.61 bits per heavy atom. The van der Waals surface area contributed by atoms with Gasteiger partial charge in [0.1, 0.15) is 5.82 Å². The SMILES string of the molecule is Cc1nc(S(=O)(=O)N2CCCN(C(=O)c3nc4ccccc4s3)CC2)cn1C. The van der Waals surface area contributed by atoms with Crippen LogP contribution < -0.4 is 0 Å². The molecular formula is C18H21N5O3S2. The Kier molecular flexibility index (Phi) is 4.94. The van der Waals surface area contributed by atoms with E-state index >= 15 is 0 Å². The van der Waals surface area contributed by atoms with Crippen LogP contribution in [0.2, 0.25) is 0 Å². The van der Waals surface area contributed by atoms with Gasteiger partial charge in [-0.3, -0.25) is 4.79 Å². The van der Waals surface area contributed by atoms with E-state index in [1.165, 1.54) is 21.8 Å². The fraction of sp³-hybridized carbons (Fsp3) is 0.389. The van der Waals surface area contributed by atoms with Crippen LogP contribution in [0.4, 0.5) is 0 Å². The molecule has 1 aliphatic rings. The normalized spacial score (nSPS) is 16.4.